The molecule has 1 saturated heterocycles. The molecule has 3 nitrogen and oxygen atoms in total. The molecule has 2 N–H and O–H groups in total. The first-order valence-electron chi connectivity index (χ1n) is 5.98. The minimum atomic E-state index is -0.186. The molecular weight excluding hydrogens is 219 g/mol. The summed E-state index contributed by atoms with van der Waals surface area (Å²) in [6.07, 6.45) is 0. The van der Waals surface area contributed by atoms with E-state index in [2.05, 4.69) is 4.90 Å². The first-order valence-corrected chi connectivity index (χ1v) is 5.98. The number of halogens is 1. The standard InChI is InChI=1S/C13H19FN2O/c1-9-7-13(16-3-5-17-6-4-16)11(10(2)15)8-12(9)14/h7-8,10H,3-6,15H2,1-2H3. The summed E-state index contributed by atoms with van der Waals surface area (Å²) < 4.78 is 18.9. The van der Waals surface area contributed by atoms with Gasteiger partial charge < -0.3 is 15.4 Å². The third-order valence-corrected chi connectivity index (χ3v) is 3.15. The first-order chi connectivity index (χ1) is 8.09. The molecule has 0 saturated carbocycles. The molecule has 0 radical (unpaired) electrons. The Morgan fingerprint density at radius 3 is 2.59 bits per heavy atom. The van der Waals surface area contributed by atoms with Crippen molar-refractivity contribution in [2.45, 2.75) is 19.9 Å². The Hall–Kier alpha value is -1.13. The van der Waals surface area contributed by atoms with E-state index in [9.17, 15) is 4.39 Å². The van der Waals surface area contributed by atoms with Gasteiger partial charge >= 0.3 is 0 Å². The zero-order valence-electron chi connectivity index (χ0n) is 10.4. The summed E-state index contributed by atoms with van der Waals surface area (Å²) in [6, 6.07) is 3.28. The highest BCUT2D eigenvalue weighted by Gasteiger charge is 2.18. The smallest absolute Gasteiger partial charge is 0.126 e. The maximum atomic E-state index is 13.6. The fourth-order valence-corrected chi connectivity index (χ4v) is 2.12. The second-order valence-electron chi connectivity index (χ2n) is 4.55. The molecule has 0 aliphatic carbocycles. The van der Waals surface area contributed by atoms with E-state index >= 15 is 0 Å². The van der Waals surface area contributed by atoms with Gasteiger partial charge in [0.25, 0.3) is 0 Å². The molecule has 1 aliphatic rings. The Morgan fingerprint density at radius 1 is 1.35 bits per heavy atom. The summed E-state index contributed by atoms with van der Waals surface area (Å²) in [6.45, 7) is 6.78. The normalized spacial score (nSPS) is 18.2. The molecular formula is C13H19FN2O. The van der Waals surface area contributed by atoms with Crippen LogP contribution in [0.3, 0.4) is 0 Å². The van der Waals surface area contributed by atoms with Crippen LogP contribution in [0.25, 0.3) is 0 Å². The Bertz CT molecular complexity index is 401. The third-order valence-electron chi connectivity index (χ3n) is 3.15. The van der Waals surface area contributed by atoms with Gasteiger partial charge in [-0.15, -0.1) is 0 Å². The van der Waals surface area contributed by atoms with Crippen molar-refractivity contribution < 1.29 is 9.13 Å². The van der Waals surface area contributed by atoms with Gasteiger partial charge in [0.1, 0.15) is 5.82 Å². The molecule has 1 heterocycles. The Labute approximate surface area is 101 Å². The van der Waals surface area contributed by atoms with Gasteiger partial charge in [0.15, 0.2) is 0 Å². The van der Waals surface area contributed by atoms with Gasteiger partial charge in [0.2, 0.25) is 0 Å². The van der Waals surface area contributed by atoms with Gasteiger partial charge in [0.05, 0.1) is 13.2 Å². The topological polar surface area (TPSA) is 38.5 Å². The molecule has 1 aliphatic heterocycles. The number of ether oxygens (including phenoxy) is 1. The largest absolute Gasteiger partial charge is 0.378 e. The van der Waals surface area contributed by atoms with Gasteiger partial charge in [-0.25, -0.2) is 4.39 Å². The predicted octanol–water partition coefficient (Wildman–Crippen LogP) is 1.99. The zero-order valence-corrected chi connectivity index (χ0v) is 10.4. The van der Waals surface area contributed by atoms with E-state index in [4.69, 9.17) is 10.5 Å². The second kappa shape index (κ2) is 5.02. The van der Waals surface area contributed by atoms with Crippen LogP contribution in [0, 0.1) is 12.7 Å². The fraction of sp³-hybridized carbons (Fsp3) is 0.538. The van der Waals surface area contributed by atoms with Crippen molar-refractivity contribution in [3.05, 3.63) is 29.1 Å². The Kier molecular flexibility index (Phi) is 3.64. The summed E-state index contributed by atoms with van der Waals surface area (Å²) in [4.78, 5) is 2.22. The molecule has 0 bridgehead atoms. The molecule has 1 unspecified atom stereocenters. The highest BCUT2D eigenvalue weighted by molar-refractivity contribution is 5.57. The van der Waals surface area contributed by atoms with E-state index in [1.54, 1.807) is 13.0 Å². The number of aryl methyl sites for hydroxylation is 1. The molecule has 94 valence electrons. The van der Waals surface area contributed by atoms with Gasteiger partial charge in [-0.2, -0.15) is 0 Å². The fourth-order valence-electron chi connectivity index (χ4n) is 2.12. The monoisotopic (exact) mass is 238 g/mol. The molecule has 1 atom stereocenters. The van der Waals surface area contributed by atoms with Crippen LogP contribution in [-0.4, -0.2) is 26.3 Å². The number of nitrogens with two attached hydrogens (primary N) is 1. The molecule has 1 aromatic carbocycles. The zero-order chi connectivity index (χ0) is 12.4. The highest BCUT2D eigenvalue weighted by atomic mass is 19.1. The van der Waals surface area contributed by atoms with Gasteiger partial charge in [-0.05, 0) is 37.1 Å². The van der Waals surface area contributed by atoms with Crippen molar-refractivity contribution in [2.24, 2.45) is 5.73 Å². The summed E-state index contributed by atoms with van der Waals surface area (Å²) in [7, 11) is 0. The van der Waals surface area contributed by atoms with Crippen molar-refractivity contribution >= 4 is 5.69 Å². The van der Waals surface area contributed by atoms with E-state index < -0.39 is 0 Å². The lowest BCUT2D eigenvalue weighted by Crippen LogP contribution is -2.37. The lowest BCUT2D eigenvalue weighted by atomic mass is 10.0. The van der Waals surface area contributed by atoms with Crippen LogP contribution in [0.1, 0.15) is 24.1 Å². The van der Waals surface area contributed by atoms with Crippen molar-refractivity contribution in [2.75, 3.05) is 31.2 Å². The summed E-state index contributed by atoms with van der Waals surface area (Å²) >= 11 is 0. The summed E-state index contributed by atoms with van der Waals surface area (Å²) in [5.41, 5.74) is 8.49. The maximum absolute atomic E-state index is 13.6. The Morgan fingerprint density at radius 2 is 2.00 bits per heavy atom. The molecule has 0 aromatic heterocycles. The number of rotatable bonds is 2. The number of anilines is 1. The number of hydrogen-bond donors (Lipinski definition) is 1. The van der Waals surface area contributed by atoms with Gasteiger partial charge in [0, 0.05) is 24.8 Å². The van der Waals surface area contributed by atoms with Crippen LogP contribution in [0.15, 0.2) is 12.1 Å². The maximum Gasteiger partial charge on any atom is 0.126 e. The van der Waals surface area contributed by atoms with Crippen LogP contribution in [0.4, 0.5) is 10.1 Å². The van der Waals surface area contributed by atoms with Crippen LogP contribution >= 0.6 is 0 Å². The average molecular weight is 238 g/mol. The number of morpholine rings is 1. The third kappa shape index (κ3) is 2.58. The highest BCUT2D eigenvalue weighted by Crippen LogP contribution is 2.28. The SMILES string of the molecule is Cc1cc(N2CCOCC2)c(C(C)N)cc1F. The van der Waals surface area contributed by atoms with E-state index in [1.165, 1.54) is 0 Å². The van der Waals surface area contributed by atoms with Crippen LogP contribution in [-0.2, 0) is 4.74 Å². The molecule has 1 aromatic rings. The van der Waals surface area contributed by atoms with E-state index in [0.717, 1.165) is 37.6 Å². The summed E-state index contributed by atoms with van der Waals surface area (Å²) in [5.74, 6) is -0.186. The lowest BCUT2D eigenvalue weighted by Gasteiger charge is -2.31. The Balaban J connectivity index is 2.39. The molecule has 0 amide bonds. The predicted molar refractivity (Wildman–Crippen MR) is 66.8 cm³/mol. The lowest BCUT2D eigenvalue weighted by molar-refractivity contribution is 0.122. The summed E-state index contributed by atoms with van der Waals surface area (Å²) in [5, 5.41) is 0. The van der Waals surface area contributed by atoms with Gasteiger partial charge in [-0.3, -0.25) is 0 Å². The minimum absolute atomic E-state index is 0.164. The van der Waals surface area contributed by atoms with Gasteiger partial charge in [-0.1, -0.05) is 0 Å². The van der Waals surface area contributed by atoms with Crippen LogP contribution < -0.4 is 10.6 Å². The van der Waals surface area contributed by atoms with Crippen molar-refractivity contribution in [1.29, 1.82) is 0 Å². The van der Waals surface area contributed by atoms with Crippen molar-refractivity contribution in [3.8, 4) is 0 Å². The molecule has 4 heteroatoms. The number of benzene rings is 1. The van der Waals surface area contributed by atoms with Crippen LogP contribution in [0.5, 0.6) is 0 Å². The van der Waals surface area contributed by atoms with E-state index in [0.29, 0.717) is 5.56 Å². The molecule has 1 fully saturated rings. The van der Waals surface area contributed by atoms with Crippen molar-refractivity contribution in [3.63, 3.8) is 0 Å². The average Bonchev–Trinajstić information content (AvgIpc) is 2.33. The number of hydrogen-bond acceptors (Lipinski definition) is 3. The van der Waals surface area contributed by atoms with Crippen LogP contribution in [0.2, 0.25) is 0 Å². The first kappa shape index (κ1) is 12.3. The molecule has 17 heavy (non-hydrogen) atoms. The van der Waals surface area contributed by atoms with E-state index in [-0.39, 0.29) is 11.9 Å². The molecule has 0 spiro atoms. The second-order valence-corrected chi connectivity index (χ2v) is 4.55. The quantitative estimate of drug-likeness (QED) is 0.856. The van der Waals surface area contributed by atoms with E-state index in [1.807, 2.05) is 13.0 Å². The number of nitrogens with zero attached hydrogens (tertiary/aromatic N) is 1. The minimum Gasteiger partial charge on any atom is -0.378 e. The van der Waals surface area contributed by atoms with Crippen molar-refractivity contribution in [1.82, 2.24) is 0 Å². The molecule has 2 rings (SSSR count).